The van der Waals surface area contributed by atoms with Crippen LogP contribution in [0.4, 0.5) is 5.13 Å². The van der Waals surface area contributed by atoms with E-state index >= 15 is 0 Å². The molecule has 140 valence electrons. The summed E-state index contributed by atoms with van der Waals surface area (Å²) in [6, 6.07) is 15.2. The number of nitrogens with one attached hydrogen (secondary N) is 1. The maximum absolute atomic E-state index is 12.5. The van der Waals surface area contributed by atoms with Gasteiger partial charge in [0.05, 0.1) is 5.69 Å². The Bertz CT molecular complexity index is 1040. The van der Waals surface area contributed by atoms with Crippen molar-refractivity contribution >= 4 is 49.9 Å². The third-order valence-electron chi connectivity index (χ3n) is 4.49. The Hall–Kier alpha value is -2.77. The number of fused-ring (bicyclic) bond motifs is 1. The fourth-order valence-electron chi connectivity index (χ4n) is 3.05. The number of aromatic nitrogens is 1. The van der Waals surface area contributed by atoms with Gasteiger partial charge in [-0.2, -0.15) is 0 Å². The molecule has 2 amide bonds. The Balaban J connectivity index is 1.36. The van der Waals surface area contributed by atoms with Gasteiger partial charge in [0.25, 0.3) is 5.91 Å². The van der Waals surface area contributed by atoms with Gasteiger partial charge in [0.2, 0.25) is 5.91 Å². The lowest BCUT2D eigenvalue weighted by atomic mass is 10.1. The molecule has 0 saturated carbocycles. The molecule has 0 spiro atoms. The molecule has 0 bridgehead atoms. The Kier molecular flexibility index (Phi) is 5.11. The molecule has 0 saturated heterocycles. The fourth-order valence-corrected chi connectivity index (χ4v) is 4.05. The quantitative estimate of drug-likeness (QED) is 0.589. The van der Waals surface area contributed by atoms with Gasteiger partial charge in [-0.25, -0.2) is 4.98 Å². The molecule has 0 fully saturated rings. The summed E-state index contributed by atoms with van der Waals surface area (Å²) in [5, 5.41) is 5.25. The molecule has 2 heterocycles. The summed E-state index contributed by atoms with van der Waals surface area (Å²) in [4.78, 5) is 30.8. The molecular formula is C21H16BrN3O2S. The van der Waals surface area contributed by atoms with Gasteiger partial charge >= 0.3 is 0 Å². The molecule has 4 rings (SSSR count). The van der Waals surface area contributed by atoms with E-state index in [9.17, 15) is 9.59 Å². The Morgan fingerprint density at radius 1 is 1.14 bits per heavy atom. The minimum atomic E-state index is -0.187. The lowest BCUT2D eigenvalue weighted by molar-refractivity contribution is -0.116. The van der Waals surface area contributed by atoms with Crippen molar-refractivity contribution in [1.29, 1.82) is 0 Å². The number of carbonyl (C=O) groups is 2. The molecule has 7 heteroatoms. The summed E-state index contributed by atoms with van der Waals surface area (Å²) < 4.78 is 1.00. The van der Waals surface area contributed by atoms with Crippen molar-refractivity contribution in [2.24, 2.45) is 0 Å². The highest BCUT2D eigenvalue weighted by atomic mass is 79.9. The van der Waals surface area contributed by atoms with Crippen molar-refractivity contribution in [3.8, 4) is 11.3 Å². The van der Waals surface area contributed by atoms with Gasteiger partial charge in [-0.3, -0.25) is 9.59 Å². The van der Waals surface area contributed by atoms with Gasteiger partial charge in [-0.15, -0.1) is 11.3 Å². The van der Waals surface area contributed by atoms with Crippen LogP contribution in [-0.4, -0.2) is 28.2 Å². The number of hydrogen-bond donors (Lipinski definition) is 1. The highest BCUT2D eigenvalue weighted by molar-refractivity contribution is 9.10. The van der Waals surface area contributed by atoms with E-state index in [1.807, 2.05) is 47.8 Å². The van der Waals surface area contributed by atoms with E-state index in [-0.39, 0.29) is 24.8 Å². The maximum Gasteiger partial charge on any atom is 0.258 e. The topological polar surface area (TPSA) is 62.3 Å². The van der Waals surface area contributed by atoms with Gasteiger partial charge in [-0.05, 0) is 18.2 Å². The number of hydrogen-bond acceptors (Lipinski definition) is 4. The highest BCUT2D eigenvalue weighted by Gasteiger charge is 2.30. The maximum atomic E-state index is 12.5. The second-order valence-corrected chi connectivity index (χ2v) is 8.07. The summed E-state index contributed by atoms with van der Waals surface area (Å²) in [5.41, 5.74) is 3.89. The molecule has 0 radical (unpaired) electrons. The number of carbonyl (C=O) groups excluding carboxylic acids is 2. The van der Waals surface area contributed by atoms with Crippen LogP contribution in [-0.2, 0) is 4.79 Å². The molecular weight excluding hydrogens is 438 g/mol. The van der Waals surface area contributed by atoms with E-state index in [1.165, 1.54) is 11.3 Å². The first-order valence-electron chi connectivity index (χ1n) is 8.64. The zero-order valence-electron chi connectivity index (χ0n) is 14.8. The first-order chi connectivity index (χ1) is 13.5. The van der Waals surface area contributed by atoms with E-state index in [4.69, 9.17) is 0 Å². The second-order valence-electron chi connectivity index (χ2n) is 6.29. The molecule has 1 aliphatic rings. The van der Waals surface area contributed by atoms with E-state index in [0.717, 1.165) is 21.3 Å². The van der Waals surface area contributed by atoms with Crippen LogP contribution >= 0.6 is 27.3 Å². The Morgan fingerprint density at radius 2 is 1.86 bits per heavy atom. The molecule has 0 atom stereocenters. The Labute approximate surface area is 174 Å². The van der Waals surface area contributed by atoms with E-state index in [0.29, 0.717) is 16.4 Å². The van der Waals surface area contributed by atoms with E-state index < -0.39 is 0 Å². The molecule has 1 aromatic heterocycles. The monoisotopic (exact) mass is 453 g/mol. The van der Waals surface area contributed by atoms with Crippen molar-refractivity contribution in [3.05, 3.63) is 76.1 Å². The van der Waals surface area contributed by atoms with Crippen molar-refractivity contribution < 1.29 is 9.59 Å². The van der Waals surface area contributed by atoms with Crippen LogP contribution in [0.25, 0.3) is 17.0 Å². The zero-order chi connectivity index (χ0) is 19.7. The molecule has 2 aromatic carbocycles. The number of rotatable bonds is 5. The van der Waals surface area contributed by atoms with Gasteiger partial charge < -0.3 is 10.2 Å². The summed E-state index contributed by atoms with van der Waals surface area (Å²) in [6.45, 7) is 4.27. The molecule has 0 unspecified atom stereocenters. The van der Waals surface area contributed by atoms with Crippen LogP contribution in [0.5, 0.6) is 0 Å². The van der Waals surface area contributed by atoms with Crippen LogP contribution in [0.1, 0.15) is 22.3 Å². The molecule has 1 N–H and O–H groups in total. The lowest BCUT2D eigenvalue weighted by Crippen LogP contribution is -2.27. The number of thiazole rings is 1. The van der Waals surface area contributed by atoms with E-state index in [1.54, 1.807) is 11.0 Å². The number of benzene rings is 2. The zero-order valence-corrected chi connectivity index (χ0v) is 17.2. The number of amides is 2. The van der Waals surface area contributed by atoms with Crippen molar-refractivity contribution in [3.63, 3.8) is 0 Å². The molecule has 3 aromatic rings. The average molecular weight is 454 g/mol. The predicted molar refractivity (Wildman–Crippen MR) is 115 cm³/mol. The first-order valence-corrected chi connectivity index (χ1v) is 10.3. The third-order valence-corrected chi connectivity index (χ3v) is 5.78. The van der Waals surface area contributed by atoms with Crippen molar-refractivity contribution in [2.45, 2.75) is 6.42 Å². The first kappa shape index (κ1) is 18.6. The minimum absolute atomic E-state index is 0.111. The van der Waals surface area contributed by atoms with Gasteiger partial charge in [-0.1, -0.05) is 52.8 Å². The fraction of sp³-hybridized carbons (Fsp3) is 0.0952. The largest absolute Gasteiger partial charge is 0.308 e. The molecule has 0 aliphatic carbocycles. The van der Waals surface area contributed by atoms with Crippen LogP contribution in [0, 0.1) is 0 Å². The van der Waals surface area contributed by atoms with E-state index in [2.05, 4.69) is 32.8 Å². The van der Waals surface area contributed by atoms with Gasteiger partial charge in [0.15, 0.2) is 5.13 Å². The number of anilines is 1. The van der Waals surface area contributed by atoms with Crippen LogP contribution in [0.3, 0.4) is 0 Å². The number of halogens is 1. The van der Waals surface area contributed by atoms with Crippen LogP contribution in [0.2, 0.25) is 0 Å². The van der Waals surface area contributed by atoms with Gasteiger partial charge in [0.1, 0.15) is 0 Å². The second kappa shape index (κ2) is 7.69. The minimum Gasteiger partial charge on any atom is -0.308 e. The summed E-state index contributed by atoms with van der Waals surface area (Å²) in [6.07, 6.45) is 0.173. The molecule has 1 aliphatic heterocycles. The molecule has 5 nitrogen and oxygen atoms in total. The van der Waals surface area contributed by atoms with Gasteiger partial charge in [0, 0.05) is 45.2 Å². The predicted octanol–water partition coefficient (Wildman–Crippen LogP) is 5.03. The van der Waals surface area contributed by atoms with Crippen LogP contribution < -0.4 is 5.32 Å². The number of nitrogens with zero attached hydrogens (tertiary/aromatic N) is 2. The molecule has 28 heavy (non-hydrogen) atoms. The lowest BCUT2D eigenvalue weighted by Gasteiger charge is -2.16. The average Bonchev–Trinajstić information content (AvgIpc) is 3.25. The summed E-state index contributed by atoms with van der Waals surface area (Å²) in [7, 11) is 0. The summed E-state index contributed by atoms with van der Waals surface area (Å²) in [5.74, 6) is -0.298. The standard InChI is InChI=1S/C21H16BrN3O2S/c1-13-16-4-2-3-5-17(16)20(27)25(13)11-10-19(26)24-21-23-18(12-28-21)14-6-8-15(22)9-7-14/h2-9,12H,1,10-11H2,(H,23,24,26). The third kappa shape index (κ3) is 3.63. The highest BCUT2D eigenvalue weighted by Crippen LogP contribution is 2.31. The smallest absolute Gasteiger partial charge is 0.258 e. The Morgan fingerprint density at radius 3 is 2.57 bits per heavy atom. The van der Waals surface area contributed by atoms with Crippen molar-refractivity contribution in [1.82, 2.24) is 9.88 Å². The normalized spacial score (nSPS) is 13.0. The van der Waals surface area contributed by atoms with Crippen molar-refractivity contribution in [2.75, 3.05) is 11.9 Å². The van der Waals surface area contributed by atoms with Crippen LogP contribution in [0.15, 0.2) is 65.0 Å². The SMILES string of the molecule is C=C1c2ccccc2C(=O)N1CCC(=O)Nc1nc(-c2ccc(Br)cc2)cs1. The summed E-state index contributed by atoms with van der Waals surface area (Å²) >= 11 is 4.78.